The average molecular weight is 324 g/mol. The van der Waals surface area contributed by atoms with Gasteiger partial charge in [-0.2, -0.15) is 0 Å². The highest BCUT2D eigenvalue weighted by molar-refractivity contribution is 6.33. The molecule has 5 heteroatoms. The topological polar surface area (TPSA) is 29.5 Å². The molecule has 0 fully saturated rings. The summed E-state index contributed by atoms with van der Waals surface area (Å²) in [5.41, 5.74) is 2.19. The van der Waals surface area contributed by atoms with Crippen LogP contribution in [0.25, 0.3) is 0 Å². The number of anilines is 1. The number of ether oxygens (including phenoxy) is 1. The minimum Gasteiger partial charge on any atom is -0.465 e. The number of rotatable bonds is 4. The van der Waals surface area contributed by atoms with Crippen molar-refractivity contribution in [3.05, 3.63) is 63.6 Å². The van der Waals surface area contributed by atoms with Crippen LogP contribution in [0.4, 0.5) is 5.69 Å². The van der Waals surface area contributed by atoms with Crippen molar-refractivity contribution in [2.45, 2.75) is 6.54 Å². The Hall–Kier alpha value is -1.71. The molecule has 0 radical (unpaired) electrons. The van der Waals surface area contributed by atoms with Crippen molar-refractivity contribution in [1.82, 2.24) is 0 Å². The molecule has 0 aromatic heterocycles. The van der Waals surface area contributed by atoms with Crippen LogP contribution in [0.2, 0.25) is 10.0 Å². The number of esters is 1. The summed E-state index contributed by atoms with van der Waals surface area (Å²) in [5.74, 6) is -0.366. The Morgan fingerprint density at radius 1 is 1.19 bits per heavy atom. The first-order valence-corrected chi connectivity index (χ1v) is 7.11. The first kappa shape index (κ1) is 15.7. The third-order valence-corrected chi connectivity index (χ3v) is 3.74. The maximum absolute atomic E-state index is 11.8. The standard InChI is InChI=1S/C16H15Cl2NO2/c1-19(10-11-9-12(17)7-8-14(11)18)15-6-4-3-5-13(15)16(20)21-2/h3-9H,10H2,1-2H3. The molecule has 0 saturated carbocycles. The highest BCUT2D eigenvalue weighted by Gasteiger charge is 2.15. The minimum atomic E-state index is -0.366. The lowest BCUT2D eigenvalue weighted by molar-refractivity contribution is 0.0601. The van der Waals surface area contributed by atoms with Crippen molar-refractivity contribution < 1.29 is 9.53 Å². The fourth-order valence-electron chi connectivity index (χ4n) is 2.09. The van der Waals surface area contributed by atoms with E-state index in [9.17, 15) is 4.79 Å². The van der Waals surface area contributed by atoms with Crippen LogP contribution in [-0.2, 0) is 11.3 Å². The average Bonchev–Trinajstić information content (AvgIpc) is 2.50. The number of carbonyl (C=O) groups is 1. The summed E-state index contributed by atoms with van der Waals surface area (Å²) in [6, 6.07) is 12.6. The number of halogens is 2. The van der Waals surface area contributed by atoms with Gasteiger partial charge in [-0.05, 0) is 35.9 Å². The van der Waals surface area contributed by atoms with Crippen molar-refractivity contribution in [2.75, 3.05) is 19.1 Å². The molecule has 0 heterocycles. The van der Waals surface area contributed by atoms with E-state index in [0.717, 1.165) is 11.3 Å². The summed E-state index contributed by atoms with van der Waals surface area (Å²) < 4.78 is 4.81. The van der Waals surface area contributed by atoms with Gasteiger partial charge in [-0.1, -0.05) is 35.3 Å². The van der Waals surface area contributed by atoms with E-state index in [1.807, 2.05) is 30.1 Å². The molecule has 0 atom stereocenters. The Labute approximate surface area is 134 Å². The first-order chi connectivity index (χ1) is 10.0. The number of nitrogens with zero attached hydrogens (tertiary/aromatic N) is 1. The van der Waals surface area contributed by atoms with E-state index >= 15 is 0 Å². The second kappa shape index (κ2) is 6.83. The fraction of sp³-hybridized carbons (Fsp3) is 0.188. The van der Waals surface area contributed by atoms with Crippen LogP contribution in [-0.4, -0.2) is 20.1 Å². The normalized spacial score (nSPS) is 10.3. The maximum Gasteiger partial charge on any atom is 0.339 e. The number of benzene rings is 2. The maximum atomic E-state index is 11.8. The molecule has 0 unspecified atom stereocenters. The lowest BCUT2D eigenvalue weighted by atomic mass is 10.1. The van der Waals surface area contributed by atoms with Gasteiger partial charge in [-0.15, -0.1) is 0 Å². The largest absolute Gasteiger partial charge is 0.465 e. The van der Waals surface area contributed by atoms with E-state index in [2.05, 4.69) is 0 Å². The first-order valence-electron chi connectivity index (χ1n) is 6.35. The second-order valence-corrected chi connectivity index (χ2v) is 5.44. The van der Waals surface area contributed by atoms with Crippen molar-refractivity contribution in [1.29, 1.82) is 0 Å². The van der Waals surface area contributed by atoms with Crippen LogP contribution in [0.15, 0.2) is 42.5 Å². The van der Waals surface area contributed by atoms with Crippen molar-refractivity contribution >= 4 is 34.9 Å². The van der Waals surface area contributed by atoms with Gasteiger partial charge in [0.25, 0.3) is 0 Å². The summed E-state index contributed by atoms with van der Waals surface area (Å²) >= 11 is 12.2. The van der Waals surface area contributed by atoms with Crippen LogP contribution >= 0.6 is 23.2 Å². The zero-order valence-electron chi connectivity index (χ0n) is 11.8. The van der Waals surface area contributed by atoms with Gasteiger partial charge in [0.05, 0.1) is 18.4 Å². The molecule has 0 N–H and O–H groups in total. The zero-order chi connectivity index (χ0) is 15.4. The molecular weight excluding hydrogens is 309 g/mol. The molecule has 0 aliphatic rings. The summed E-state index contributed by atoms with van der Waals surface area (Å²) in [6.07, 6.45) is 0. The van der Waals surface area contributed by atoms with Gasteiger partial charge in [0.1, 0.15) is 0 Å². The lowest BCUT2D eigenvalue weighted by Crippen LogP contribution is -2.20. The summed E-state index contributed by atoms with van der Waals surface area (Å²) in [4.78, 5) is 13.8. The van der Waals surface area contributed by atoms with E-state index in [1.54, 1.807) is 24.3 Å². The summed E-state index contributed by atoms with van der Waals surface area (Å²) in [6.45, 7) is 0.535. The Bertz CT molecular complexity index is 658. The van der Waals surface area contributed by atoms with E-state index in [-0.39, 0.29) is 5.97 Å². The van der Waals surface area contributed by atoms with Gasteiger partial charge in [-0.3, -0.25) is 0 Å². The number of para-hydroxylation sites is 1. The van der Waals surface area contributed by atoms with Crippen molar-refractivity contribution in [3.63, 3.8) is 0 Å². The minimum absolute atomic E-state index is 0.366. The second-order valence-electron chi connectivity index (χ2n) is 4.60. The van der Waals surface area contributed by atoms with E-state index in [0.29, 0.717) is 22.2 Å². The van der Waals surface area contributed by atoms with Crippen molar-refractivity contribution in [3.8, 4) is 0 Å². The highest BCUT2D eigenvalue weighted by atomic mass is 35.5. The summed E-state index contributed by atoms with van der Waals surface area (Å²) in [5, 5.41) is 1.27. The molecule has 110 valence electrons. The quantitative estimate of drug-likeness (QED) is 0.780. The third kappa shape index (κ3) is 3.69. The Kier molecular flexibility index (Phi) is 5.10. The smallest absolute Gasteiger partial charge is 0.339 e. The van der Waals surface area contributed by atoms with Crippen LogP contribution in [0.1, 0.15) is 15.9 Å². The van der Waals surface area contributed by atoms with Crippen LogP contribution < -0.4 is 4.90 Å². The van der Waals surface area contributed by atoms with Gasteiger partial charge in [0, 0.05) is 23.6 Å². The van der Waals surface area contributed by atoms with Crippen molar-refractivity contribution in [2.24, 2.45) is 0 Å². The monoisotopic (exact) mass is 323 g/mol. The Morgan fingerprint density at radius 3 is 2.62 bits per heavy atom. The van der Waals surface area contributed by atoms with Gasteiger partial charge >= 0.3 is 5.97 Å². The Balaban J connectivity index is 2.30. The number of hydrogen-bond donors (Lipinski definition) is 0. The number of methoxy groups -OCH3 is 1. The predicted molar refractivity (Wildman–Crippen MR) is 86.4 cm³/mol. The van der Waals surface area contributed by atoms with E-state index in [1.165, 1.54) is 7.11 Å². The SMILES string of the molecule is COC(=O)c1ccccc1N(C)Cc1cc(Cl)ccc1Cl. The molecule has 2 aromatic rings. The number of hydrogen-bond acceptors (Lipinski definition) is 3. The molecule has 0 bridgehead atoms. The summed E-state index contributed by atoms with van der Waals surface area (Å²) in [7, 11) is 3.26. The molecule has 0 saturated heterocycles. The lowest BCUT2D eigenvalue weighted by Gasteiger charge is -2.22. The van der Waals surface area contributed by atoms with E-state index < -0.39 is 0 Å². The zero-order valence-corrected chi connectivity index (χ0v) is 13.3. The van der Waals surface area contributed by atoms with Crippen LogP contribution in [0, 0.1) is 0 Å². The molecule has 0 spiro atoms. The molecule has 2 rings (SSSR count). The Morgan fingerprint density at radius 2 is 1.90 bits per heavy atom. The molecular formula is C16H15Cl2NO2. The molecule has 2 aromatic carbocycles. The molecule has 3 nitrogen and oxygen atoms in total. The fourth-order valence-corrected chi connectivity index (χ4v) is 2.47. The molecule has 21 heavy (non-hydrogen) atoms. The van der Waals surface area contributed by atoms with Gasteiger partial charge in [0.2, 0.25) is 0 Å². The van der Waals surface area contributed by atoms with E-state index in [4.69, 9.17) is 27.9 Å². The molecule has 0 amide bonds. The molecule has 0 aliphatic carbocycles. The number of carbonyl (C=O) groups excluding carboxylic acids is 1. The molecule has 0 aliphatic heterocycles. The third-order valence-electron chi connectivity index (χ3n) is 3.14. The van der Waals surface area contributed by atoms with Gasteiger partial charge < -0.3 is 9.64 Å². The van der Waals surface area contributed by atoms with Crippen LogP contribution in [0.3, 0.4) is 0 Å². The highest BCUT2D eigenvalue weighted by Crippen LogP contribution is 2.26. The van der Waals surface area contributed by atoms with Crippen LogP contribution in [0.5, 0.6) is 0 Å². The van der Waals surface area contributed by atoms with Gasteiger partial charge in [0.15, 0.2) is 0 Å². The predicted octanol–water partition coefficient (Wildman–Crippen LogP) is 4.42. The van der Waals surface area contributed by atoms with Gasteiger partial charge in [-0.25, -0.2) is 4.79 Å².